The molecule has 2 unspecified atom stereocenters. The van der Waals surface area contributed by atoms with Gasteiger partial charge >= 0.3 is 0 Å². The molecule has 56 heavy (non-hydrogen) atoms. The summed E-state index contributed by atoms with van der Waals surface area (Å²) in [7, 11) is 0. The SMILES string of the molecule is O=C1CCC(N2Cc3cc(NCCOCN4CCN(c5cccc(-c6cnc7ccc(N8CCCC8c8cccc(F)c8)nn67)n5)CC4)ccc3C2=O)C(=O)N1. The molecule has 0 aliphatic carbocycles. The van der Waals surface area contributed by atoms with Crippen molar-refractivity contribution in [3.63, 3.8) is 0 Å². The third-order valence-electron chi connectivity index (χ3n) is 11.2. The number of benzene rings is 2. The lowest BCUT2D eigenvalue weighted by atomic mass is 10.0. The van der Waals surface area contributed by atoms with E-state index in [2.05, 4.69) is 30.3 Å². The number of halogens is 1. The minimum atomic E-state index is -0.624. The Morgan fingerprint density at radius 1 is 0.875 bits per heavy atom. The molecule has 9 rings (SSSR count). The topological polar surface area (TPSA) is 141 Å². The normalized spacial score (nSPS) is 20.2. The number of imide groups is 1. The number of hydrogen-bond acceptors (Lipinski definition) is 11. The van der Waals surface area contributed by atoms with Crippen molar-refractivity contribution in [1.29, 1.82) is 0 Å². The summed E-state index contributed by atoms with van der Waals surface area (Å²) < 4.78 is 21.9. The predicted octanol–water partition coefficient (Wildman–Crippen LogP) is 4.24. The predicted molar refractivity (Wildman–Crippen MR) is 208 cm³/mol. The van der Waals surface area contributed by atoms with Gasteiger partial charge in [0, 0.05) is 63.5 Å². The maximum absolute atomic E-state index is 14.1. The van der Waals surface area contributed by atoms with Crippen LogP contribution in [0.3, 0.4) is 0 Å². The maximum atomic E-state index is 14.1. The van der Waals surface area contributed by atoms with E-state index in [0.717, 1.165) is 91.1 Å². The van der Waals surface area contributed by atoms with Gasteiger partial charge in [0.1, 0.15) is 29.2 Å². The summed E-state index contributed by atoms with van der Waals surface area (Å²) in [5.41, 5.74) is 5.65. The summed E-state index contributed by atoms with van der Waals surface area (Å²) in [6.45, 7) is 6.13. The summed E-state index contributed by atoms with van der Waals surface area (Å²) in [6, 6.07) is 21.9. The second kappa shape index (κ2) is 15.3. The van der Waals surface area contributed by atoms with Gasteiger partial charge in [-0.3, -0.25) is 24.6 Å². The number of rotatable bonds is 11. The molecule has 0 bridgehead atoms. The molecule has 2 N–H and O–H groups in total. The van der Waals surface area contributed by atoms with Gasteiger partial charge in [0.05, 0.1) is 31.3 Å². The van der Waals surface area contributed by atoms with E-state index in [1.807, 2.05) is 59.2 Å². The minimum Gasteiger partial charge on any atom is -0.383 e. The Labute approximate surface area is 323 Å². The van der Waals surface area contributed by atoms with Crippen LogP contribution in [0.15, 0.2) is 79.0 Å². The van der Waals surface area contributed by atoms with Gasteiger partial charge in [0.15, 0.2) is 5.65 Å². The molecule has 15 heteroatoms. The highest BCUT2D eigenvalue weighted by molar-refractivity contribution is 6.05. The van der Waals surface area contributed by atoms with Crippen LogP contribution in [-0.4, -0.2) is 106 Å². The fraction of sp³-hybridized carbons (Fsp3) is 0.366. The van der Waals surface area contributed by atoms with Crippen LogP contribution in [0.2, 0.25) is 0 Å². The fourth-order valence-electron chi connectivity index (χ4n) is 8.29. The van der Waals surface area contributed by atoms with E-state index in [4.69, 9.17) is 14.8 Å². The fourth-order valence-corrected chi connectivity index (χ4v) is 8.29. The number of fused-ring (bicyclic) bond motifs is 2. The van der Waals surface area contributed by atoms with Gasteiger partial charge in [0.25, 0.3) is 5.91 Å². The Morgan fingerprint density at radius 3 is 2.61 bits per heavy atom. The number of nitrogens with one attached hydrogen (secondary N) is 2. The number of piperazine rings is 1. The monoisotopic (exact) mass is 758 g/mol. The zero-order valence-corrected chi connectivity index (χ0v) is 30.9. The molecule has 2 aromatic carbocycles. The molecule has 4 aliphatic rings. The number of anilines is 3. The Morgan fingerprint density at radius 2 is 1.75 bits per heavy atom. The van der Waals surface area contributed by atoms with E-state index in [9.17, 15) is 18.8 Å². The highest BCUT2D eigenvalue weighted by Crippen LogP contribution is 2.36. The van der Waals surface area contributed by atoms with Crippen molar-refractivity contribution in [2.75, 3.05) is 67.7 Å². The molecule has 3 amide bonds. The highest BCUT2D eigenvalue weighted by Gasteiger charge is 2.39. The zero-order chi connectivity index (χ0) is 38.2. The van der Waals surface area contributed by atoms with E-state index in [0.29, 0.717) is 38.4 Å². The molecule has 288 valence electrons. The number of nitrogens with zero attached hydrogens (tertiary/aromatic N) is 8. The van der Waals surface area contributed by atoms with E-state index in [1.54, 1.807) is 23.1 Å². The second-order valence-electron chi connectivity index (χ2n) is 14.7. The van der Waals surface area contributed by atoms with Crippen LogP contribution in [0.4, 0.5) is 21.7 Å². The molecule has 0 saturated carbocycles. The lowest BCUT2D eigenvalue weighted by Crippen LogP contribution is -2.52. The van der Waals surface area contributed by atoms with Gasteiger partial charge in [-0.25, -0.2) is 18.9 Å². The summed E-state index contributed by atoms with van der Waals surface area (Å²) in [5.74, 6) is 0.625. The van der Waals surface area contributed by atoms with Crippen LogP contribution >= 0.6 is 0 Å². The van der Waals surface area contributed by atoms with Crippen LogP contribution in [0.25, 0.3) is 17.0 Å². The van der Waals surface area contributed by atoms with Gasteiger partial charge < -0.3 is 24.8 Å². The average molecular weight is 759 g/mol. The van der Waals surface area contributed by atoms with Gasteiger partial charge in [-0.2, -0.15) is 0 Å². The number of ether oxygens (including phenoxy) is 1. The first-order valence-electron chi connectivity index (χ1n) is 19.3. The van der Waals surface area contributed by atoms with Gasteiger partial charge in [-0.1, -0.05) is 18.2 Å². The molecular formula is C41H43FN10O4. The van der Waals surface area contributed by atoms with Crippen molar-refractivity contribution in [3.8, 4) is 11.4 Å². The first kappa shape index (κ1) is 35.8. The number of amides is 3. The van der Waals surface area contributed by atoms with Crippen molar-refractivity contribution in [1.82, 2.24) is 34.7 Å². The van der Waals surface area contributed by atoms with Crippen molar-refractivity contribution in [3.05, 3.63) is 102 Å². The number of imidazole rings is 1. The third kappa shape index (κ3) is 7.15. The summed E-state index contributed by atoms with van der Waals surface area (Å²) in [6.07, 6.45) is 4.35. The number of aromatic nitrogens is 4. The summed E-state index contributed by atoms with van der Waals surface area (Å²) in [5, 5.41) is 10.7. The molecule has 0 spiro atoms. The molecule has 3 aromatic heterocycles. The van der Waals surface area contributed by atoms with Crippen LogP contribution in [-0.2, 0) is 20.9 Å². The van der Waals surface area contributed by atoms with Crippen LogP contribution in [0.1, 0.15) is 53.2 Å². The van der Waals surface area contributed by atoms with Crippen molar-refractivity contribution < 1.29 is 23.5 Å². The summed E-state index contributed by atoms with van der Waals surface area (Å²) in [4.78, 5) is 55.0. The number of hydrogen-bond donors (Lipinski definition) is 2. The van der Waals surface area contributed by atoms with Crippen LogP contribution < -0.4 is 20.4 Å². The minimum absolute atomic E-state index is 0.0669. The standard InChI is InChI=1S/C41H43FN10O4/c42-29-5-1-4-27(22-29)33-7-3-16-50(33)38-13-12-36-44-24-35(52(36)47-38)32-6-2-8-37(45-32)49-19-17-48(18-20-49)26-56-21-15-43-30-9-10-31-28(23-30)25-51(41(31)55)34-11-14-39(53)46-40(34)54/h1-2,4-6,8-10,12-13,22-24,33-34,43H,3,7,11,14-21,25-26H2,(H,46,53,54). The molecule has 14 nitrogen and oxygen atoms in total. The van der Waals surface area contributed by atoms with Crippen molar-refractivity contribution in [2.45, 2.75) is 44.3 Å². The lowest BCUT2D eigenvalue weighted by molar-refractivity contribution is -0.136. The highest BCUT2D eigenvalue weighted by atomic mass is 19.1. The lowest BCUT2D eigenvalue weighted by Gasteiger charge is -2.35. The van der Waals surface area contributed by atoms with Gasteiger partial charge in [0.2, 0.25) is 11.8 Å². The smallest absolute Gasteiger partial charge is 0.255 e. The Kier molecular flexibility index (Phi) is 9.77. The van der Waals surface area contributed by atoms with E-state index >= 15 is 0 Å². The quantitative estimate of drug-likeness (QED) is 0.148. The first-order valence-corrected chi connectivity index (χ1v) is 19.3. The Hall–Kier alpha value is -5.93. The number of carbonyl (C=O) groups excluding carboxylic acids is 3. The Bertz CT molecular complexity index is 2290. The Balaban J connectivity index is 0.760. The number of carbonyl (C=O) groups is 3. The summed E-state index contributed by atoms with van der Waals surface area (Å²) >= 11 is 0. The molecule has 3 fully saturated rings. The molecule has 4 aliphatic heterocycles. The maximum Gasteiger partial charge on any atom is 0.255 e. The molecule has 2 atom stereocenters. The van der Waals surface area contributed by atoms with Gasteiger partial charge in [-0.15, -0.1) is 5.10 Å². The second-order valence-corrected chi connectivity index (χ2v) is 14.7. The molecule has 0 radical (unpaired) electrons. The average Bonchev–Trinajstić information content (AvgIpc) is 3.95. The largest absolute Gasteiger partial charge is 0.383 e. The molecular weight excluding hydrogens is 716 g/mol. The van der Waals surface area contributed by atoms with Crippen LogP contribution in [0, 0.1) is 5.82 Å². The zero-order valence-electron chi connectivity index (χ0n) is 30.9. The van der Waals surface area contributed by atoms with E-state index in [-0.39, 0.29) is 30.1 Å². The van der Waals surface area contributed by atoms with E-state index < -0.39 is 11.9 Å². The number of pyridine rings is 1. The van der Waals surface area contributed by atoms with Gasteiger partial charge in [-0.05, 0) is 85.0 Å². The number of piperidine rings is 1. The van der Waals surface area contributed by atoms with Crippen molar-refractivity contribution in [2.24, 2.45) is 0 Å². The van der Waals surface area contributed by atoms with Crippen molar-refractivity contribution >= 4 is 40.7 Å². The third-order valence-corrected chi connectivity index (χ3v) is 11.2. The molecule has 5 aromatic rings. The molecule has 3 saturated heterocycles. The molecule has 7 heterocycles. The first-order chi connectivity index (χ1) is 27.4. The van der Waals surface area contributed by atoms with E-state index in [1.165, 1.54) is 6.07 Å². The van der Waals surface area contributed by atoms with Crippen LogP contribution in [0.5, 0.6) is 0 Å².